The number of rotatable bonds is 18. The van der Waals surface area contributed by atoms with E-state index >= 15 is 0 Å². The molecule has 1 rings (SSSR count). The zero-order valence-corrected chi connectivity index (χ0v) is 24.1. The second-order valence-electron chi connectivity index (χ2n) is 12.3. The van der Waals surface area contributed by atoms with Crippen LogP contribution in [0, 0.1) is 23.7 Å². The lowest BCUT2D eigenvalue weighted by atomic mass is 9.76. The number of carboxylic acids is 1. The minimum Gasteiger partial charge on any atom is -0.481 e. The summed E-state index contributed by atoms with van der Waals surface area (Å²) < 4.78 is 6.03. The highest BCUT2D eigenvalue weighted by molar-refractivity contribution is 5.69. The SMILES string of the molecule is CCOC1C(CCC(C)CCCC(C)(O)CCCC(C)(O)CCCC(C)C(=O)O)=CC(O)C(C)C1C. The highest BCUT2D eigenvalue weighted by Crippen LogP contribution is 2.35. The second-order valence-corrected chi connectivity index (χ2v) is 12.3. The Hall–Kier alpha value is -0.950. The molecule has 4 N–H and O–H groups in total. The summed E-state index contributed by atoms with van der Waals surface area (Å²) in [5.41, 5.74) is -0.327. The van der Waals surface area contributed by atoms with Crippen LogP contribution in [0.5, 0.6) is 0 Å². The van der Waals surface area contributed by atoms with Crippen molar-refractivity contribution in [2.24, 2.45) is 23.7 Å². The third kappa shape index (κ3) is 12.1. The number of hydrogen-bond acceptors (Lipinski definition) is 5. The number of carboxylic acid groups (broad SMARTS) is 1. The third-order valence-corrected chi connectivity index (χ3v) is 8.48. The first-order valence-electron chi connectivity index (χ1n) is 14.4. The van der Waals surface area contributed by atoms with Gasteiger partial charge in [0.2, 0.25) is 0 Å². The van der Waals surface area contributed by atoms with Crippen LogP contribution >= 0.6 is 0 Å². The molecule has 6 heteroatoms. The fourth-order valence-corrected chi connectivity index (χ4v) is 5.46. The van der Waals surface area contributed by atoms with Gasteiger partial charge in [0.1, 0.15) is 0 Å². The molecule has 212 valence electrons. The molecule has 0 amide bonds. The molecule has 1 aliphatic carbocycles. The lowest BCUT2D eigenvalue weighted by Gasteiger charge is -2.37. The number of hydrogen-bond donors (Lipinski definition) is 4. The van der Waals surface area contributed by atoms with Crippen molar-refractivity contribution in [3.63, 3.8) is 0 Å². The van der Waals surface area contributed by atoms with Crippen LogP contribution in [-0.4, -0.2) is 56.4 Å². The summed E-state index contributed by atoms with van der Waals surface area (Å²) in [6, 6.07) is 0. The molecule has 0 saturated carbocycles. The van der Waals surface area contributed by atoms with E-state index in [4.69, 9.17) is 9.84 Å². The van der Waals surface area contributed by atoms with Gasteiger partial charge < -0.3 is 25.2 Å². The van der Waals surface area contributed by atoms with Crippen molar-refractivity contribution < 1.29 is 30.0 Å². The Kier molecular flexibility index (Phi) is 14.2. The van der Waals surface area contributed by atoms with E-state index in [0.29, 0.717) is 50.5 Å². The van der Waals surface area contributed by atoms with Crippen LogP contribution in [0.2, 0.25) is 0 Å². The number of aliphatic hydroxyl groups excluding tert-OH is 1. The fourth-order valence-electron chi connectivity index (χ4n) is 5.46. The summed E-state index contributed by atoms with van der Waals surface area (Å²) in [5, 5.41) is 40.9. The van der Waals surface area contributed by atoms with E-state index < -0.39 is 23.3 Å². The predicted molar refractivity (Wildman–Crippen MR) is 146 cm³/mol. The molecule has 0 fully saturated rings. The third-order valence-electron chi connectivity index (χ3n) is 8.48. The minimum atomic E-state index is -0.821. The van der Waals surface area contributed by atoms with Crippen molar-refractivity contribution in [3.05, 3.63) is 11.6 Å². The summed E-state index contributed by atoms with van der Waals surface area (Å²) in [6.45, 7) is 14.6. The van der Waals surface area contributed by atoms with Crippen molar-refractivity contribution in [3.8, 4) is 0 Å². The largest absolute Gasteiger partial charge is 0.481 e. The zero-order valence-electron chi connectivity index (χ0n) is 24.1. The van der Waals surface area contributed by atoms with Gasteiger partial charge in [-0.1, -0.05) is 46.6 Å². The summed E-state index contributed by atoms with van der Waals surface area (Å²) in [5.74, 6) is -0.129. The van der Waals surface area contributed by atoms with Gasteiger partial charge in [0, 0.05) is 6.61 Å². The standard InChI is InChI=1S/C30H56O6/c1-8-36-27-24(5)23(4)26(31)20-25(27)15-14-21(2)12-9-16-29(6,34)18-11-19-30(7,35)17-10-13-22(3)28(32)33/h20-24,26-27,31,34-35H,8-19H2,1-7H3,(H,32,33). The molecule has 0 aliphatic heterocycles. The van der Waals surface area contributed by atoms with Crippen LogP contribution in [0.15, 0.2) is 11.6 Å². The molecule has 0 aromatic rings. The summed E-state index contributed by atoms with van der Waals surface area (Å²) in [7, 11) is 0. The Labute approximate surface area is 220 Å². The minimum absolute atomic E-state index is 0.0964. The number of aliphatic carboxylic acids is 1. The monoisotopic (exact) mass is 512 g/mol. The van der Waals surface area contributed by atoms with Crippen molar-refractivity contribution in [2.45, 2.75) is 143 Å². The first-order valence-corrected chi connectivity index (χ1v) is 14.4. The van der Waals surface area contributed by atoms with E-state index in [-0.39, 0.29) is 17.9 Å². The quantitative estimate of drug-likeness (QED) is 0.165. The maximum atomic E-state index is 10.9. The van der Waals surface area contributed by atoms with Crippen molar-refractivity contribution in [1.82, 2.24) is 0 Å². The van der Waals surface area contributed by atoms with E-state index in [2.05, 4.69) is 20.8 Å². The molecule has 0 aromatic carbocycles. The van der Waals surface area contributed by atoms with E-state index in [9.17, 15) is 20.1 Å². The lowest BCUT2D eigenvalue weighted by Crippen LogP contribution is -2.39. The lowest BCUT2D eigenvalue weighted by molar-refractivity contribution is -0.141. The Morgan fingerprint density at radius 1 is 0.944 bits per heavy atom. The number of ether oxygens (including phenoxy) is 1. The molecule has 0 heterocycles. The molecule has 0 saturated heterocycles. The first kappa shape index (κ1) is 33.1. The Morgan fingerprint density at radius 3 is 2.00 bits per heavy atom. The molecule has 0 bridgehead atoms. The van der Waals surface area contributed by atoms with Crippen LogP contribution in [0.1, 0.15) is 119 Å². The molecular formula is C30H56O6. The van der Waals surface area contributed by atoms with Crippen molar-refractivity contribution in [1.29, 1.82) is 0 Å². The molecule has 8 unspecified atom stereocenters. The molecule has 0 radical (unpaired) electrons. The molecular weight excluding hydrogens is 456 g/mol. The summed E-state index contributed by atoms with van der Waals surface area (Å²) in [6.07, 6.45) is 10.3. The average Bonchev–Trinajstić information content (AvgIpc) is 2.77. The van der Waals surface area contributed by atoms with Crippen molar-refractivity contribution >= 4 is 5.97 Å². The van der Waals surface area contributed by atoms with Gasteiger partial charge in [0.25, 0.3) is 0 Å². The van der Waals surface area contributed by atoms with Crippen LogP contribution in [0.4, 0.5) is 0 Å². The average molecular weight is 513 g/mol. The summed E-state index contributed by atoms with van der Waals surface area (Å²) >= 11 is 0. The topological polar surface area (TPSA) is 107 Å². The maximum absolute atomic E-state index is 10.9. The van der Waals surface area contributed by atoms with Gasteiger partial charge in [0.05, 0.1) is 29.3 Å². The van der Waals surface area contributed by atoms with Gasteiger partial charge in [-0.25, -0.2) is 0 Å². The van der Waals surface area contributed by atoms with Gasteiger partial charge in [-0.3, -0.25) is 4.79 Å². The van der Waals surface area contributed by atoms with Crippen LogP contribution < -0.4 is 0 Å². The highest BCUT2D eigenvalue weighted by Gasteiger charge is 2.34. The van der Waals surface area contributed by atoms with Gasteiger partial charge in [0.15, 0.2) is 0 Å². The zero-order chi connectivity index (χ0) is 27.5. The Bertz CT molecular complexity index is 670. The first-order chi connectivity index (χ1) is 16.7. The molecule has 36 heavy (non-hydrogen) atoms. The normalized spacial score (nSPS) is 27.6. The molecule has 8 atom stereocenters. The van der Waals surface area contributed by atoms with Gasteiger partial charge in [-0.05, 0) is 102 Å². The molecule has 0 aromatic heterocycles. The number of carbonyl (C=O) groups is 1. The van der Waals surface area contributed by atoms with Gasteiger partial charge in [-0.2, -0.15) is 0 Å². The predicted octanol–water partition coefficient (Wildman–Crippen LogP) is 6.11. The van der Waals surface area contributed by atoms with E-state index in [1.54, 1.807) is 6.92 Å². The van der Waals surface area contributed by atoms with Gasteiger partial charge in [-0.15, -0.1) is 0 Å². The molecule has 1 aliphatic rings. The Balaban J connectivity index is 2.35. The van der Waals surface area contributed by atoms with Crippen LogP contribution in [-0.2, 0) is 9.53 Å². The summed E-state index contributed by atoms with van der Waals surface area (Å²) in [4.78, 5) is 10.9. The van der Waals surface area contributed by atoms with Gasteiger partial charge >= 0.3 is 5.97 Å². The molecule has 6 nitrogen and oxygen atoms in total. The highest BCUT2D eigenvalue weighted by atomic mass is 16.5. The van der Waals surface area contributed by atoms with E-state index in [1.807, 2.05) is 26.8 Å². The number of aliphatic hydroxyl groups is 3. The molecule has 0 spiro atoms. The second kappa shape index (κ2) is 15.5. The van der Waals surface area contributed by atoms with Crippen LogP contribution in [0.25, 0.3) is 0 Å². The van der Waals surface area contributed by atoms with Crippen molar-refractivity contribution in [2.75, 3.05) is 6.61 Å². The fraction of sp³-hybridized carbons (Fsp3) is 0.900. The van der Waals surface area contributed by atoms with E-state index in [1.165, 1.54) is 5.57 Å². The van der Waals surface area contributed by atoms with E-state index in [0.717, 1.165) is 38.5 Å². The Morgan fingerprint density at radius 2 is 1.47 bits per heavy atom. The maximum Gasteiger partial charge on any atom is 0.306 e. The van der Waals surface area contributed by atoms with Crippen LogP contribution in [0.3, 0.4) is 0 Å². The smallest absolute Gasteiger partial charge is 0.306 e.